The van der Waals surface area contributed by atoms with Gasteiger partial charge in [0.25, 0.3) is 0 Å². The van der Waals surface area contributed by atoms with E-state index in [1.807, 2.05) is 0 Å². The summed E-state index contributed by atoms with van der Waals surface area (Å²) in [7, 11) is 4.13. The van der Waals surface area contributed by atoms with Crippen LogP contribution in [0.2, 0.25) is 0 Å². The van der Waals surface area contributed by atoms with Crippen LogP contribution in [0.5, 0.6) is 40.2 Å². The number of aryl methyl sites for hydroxylation is 1. The Morgan fingerprint density at radius 2 is 1.02 bits per heavy atom. The summed E-state index contributed by atoms with van der Waals surface area (Å²) in [4.78, 5) is 37.0. The van der Waals surface area contributed by atoms with Crippen LogP contribution in [0.15, 0.2) is 66.7 Å². The fourth-order valence-corrected chi connectivity index (χ4v) is 4.71. The molecule has 0 aromatic heterocycles. The fourth-order valence-electron chi connectivity index (χ4n) is 4.71. The van der Waals surface area contributed by atoms with E-state index in [0.717, 1.165) is 0 Å². The molecule has 7 N–H and O–H groups in total. The molecule has 0 aliphatic rings. The molecule has 0 aliphatic carbocycles. The quantitative estimate of drug-likeness (QED) is 0.0585. The summed E-state index contributed by atoms with van der Waals surface area (Å²) in [6.07, 6.45) is 5.91. The van der Waals surface area contributed by atoms with Crippen molar-refractivity contribution in [2.45, 2.75) is 26.7 Å². The number of hydrogen-bond acceptors (Lipinski definition) is 13. The molecule has 4 aromatic carbocycles. The molecule has 4 rings (SSSR count). The number of aliphatic hydroxyl groups is 3. The van der Waals surface area contributed by atoms with Crippen LogP contribution in [-0.4, -0.2) is 74.4 Å². The van der Waals surface area contributed by atoms with Crippen LogP contribution in [0, 0.1) is 6.92 Å². The number of benzene rings is 4. The summed E-state index contributed by atoms with van der Waals surface area (Å²) in [6, 6.07) is 12.9. The van der Waals surface area contributed by atoms with Crippen molar-refractivity contribution in [1.29, 1.82) is 0 Å². The van der Waals surface area contributed by atoms with Crippen LogP contribution < -0.4 is 14.2 Å². The zero-order valence-electron chi connectivity index (χ0n) is 28.2. The number of aromatic hydroxyl groups is 4. The SMILES string of the molecule is COc1cc(/C=C/C(=O)/C=C/c2cc(CO)c(O)c(OC)c2)ccc1O.COc1cc(C(=O)C(=O)c2cc(C)c(O)c(CO)c2)cc(CO)c1O. The molecule has 0 atom stereocenters. The Bertz CT molecular complexity index is 1930. The normalized spacial score (nSPS) is 10.9. The number of ketones is 3. The lowest BCUT2D eigenvalue weighted by Gasteiger charge is -2.11. The largest absolute Gasteiger partial charge is 0.507 e. The van der Waals surface area contributed by atoms with E-state index < -0.39 is 24.8 Å². The molecule has 0 fully saturated rings. The summed E-state index contributed by atoms with van der Waals surface area (Å²) >= 11 is 0. The summed E-state index contributed by atoms with van der Waals surface area (Å²) < 4.78 is 15.0. The number of phenols is 4. The highest BCUT2D eigenvalue weighted by Gasteiger charge is 2.23. The van der Waals surface area contributed by atoms with Gasteiger partial charge in [-0.25, -0.2) is 0 Å². The van der Waals surface area contributed by atoms with Crippen molar-refractivity contribution in [2.24, 2.45) is 0 Å². The van der Waals surface area contributed by atoms with Gasteiger partial charge in [0.1, 0.15) is 5.75 Å². The van der Waals surface area contributed by atoms with E-state index in [2.05, 4.69) is 0 Å². The molecule has 0 spiro atoms. The van der Waals surface area contributed by atoms with Crippen molar-refractivity contribution < 1.29 is 64.3 Å². The number of ether oxygens (including phenoxy) is 3. The van der Waals surface area contributed by atoms with Gasteiger partial charge in [0.15, 0.2) is 40.3 Å². The second kappa shape index (κ2) is 18.0. The van der Waals surface area contributed by atoms with Gasteiger partial charge in [-0.05, 0) is 84.3 Å². The van der Waals surface area contributed by atoms with E-state index in [4.69, 9.17) is 14.2 Å². The Morgan fingerprint density at radius 1 is 0.569 bits per heavy atom. The minimum absolute atomic E-state index is 0.0157. The average Bonchev–Trinajstić information content (AvgIpc) is 3.14. The summed E-state index contributed by atoms with van der Waals surface area (Å²) in [5, 5.41) is 66.8. The highest BCUT2D eigenvalue weighted by Crippen LogP contribution is 2.33. The molecule has 51 heavy (non-hydrogen) atoms. The predicted octanol–water partition coefficient (Wildman–Crippen LogP) is 4.37. The van der Waals surface area contributed by atoms with Gasteiger partial charge in [-0.3, -0.25) is 14.4 Å². The third-order valence-electron chi connectivity index (χ3n) is 7.47. The lowest BCUT2D eigenvalue weighted by atomic mass is 9.96. The van der Waals surface area contributed by atoms with Gasteiger partial charge in [-0.15, -0.1) is 0 Å². The van der Waals surface area contributed by atoms with Gasteiger partial charge < -0.3 is 50.0 Å². The second-order valence-corrected chi connectivity index (χ2v) is 10.9. The number of aliphatic hydroxyl groups excluding tert-OH is 3. The van der Waals surface area contributed by atoms with Gasteiger partial charge in [0.2, 0.25) is 11.6 Å². The first-order chi connectivity index (χ1) is 24.3. The lowest BCUT2D eigenvalue weighted by Crippen LogP contribution is -2.16. The minimum Gasteiger partial charge on any atom is -0.507 e. The van der Waals surface area contributed by atoms with E-state index in [-0.39, 0.29) is 69.1 Å². The van der Waals surface area contributed by atoms with Crippen molar-refractivity contribution in [3.63, 3.8) is 0 Å². The molecular weight excluding hydrogens is 664 g/mol. The molecule has 0 saturated heterocycles. The Kier molecular flexibility index (Phi) is 13.9. The van der Waals surface area contributed by atoms with Gasteiger partial charge in [0.05, 0.1) is 41.2 Å². The van der Waals surface area contributed by atoms with Gasteiger partial charge in [-0.2, -0.15) is 0 Å². The standard InChI is InChI=1S/C20H20O6.C18H18O7/c1-25-18-10-13(5-8-17(18)23)3-6-16(22)7-4-14-9-15(12-21)20(24)19(11-14)26-2;1-9-3-10(4-12(7-19)15(9)21)17(23)18(24)11-5-13(8-20)16(22)14(6-11)25-2/h3-11,21,23-24H,12H2,1-2H3;3-6,19-22H,7-8H2,1-2H3/b6-3+,7-4+;. The summed E-state index contributed by atoms with van der Waals surface area (Å²) in [5.74, 6) is -2.03. The number of Topliss-reactive ketones (excluding diaryl/α,β-unsaturated/α-hetero) is 2. The van der Waals surface area contributed by atoms with Crippen LogP contribution in [0.3, 0.4) is 0 Å². The third-order valence-corrected chi connectivity index (χ3v) is 7.47. The summed E-state index contributed by atoms with van der Waals surface area (Å²) in [6.45, 7) is 0.178. The van der Waals surface area contributed by atoms with E-state index >= 15 is 0 Å². The second-order valence-electron chi connectivity index (χ2n) is 10.9. The van der Waals surface area contributed by atoms with Crippen LogP contribution in [0.1, 0.15) is 54.1 Å². The Hall–Kier alpha value is -6.15. The van der Waals surface area contributed by atoms with Crippen LogP contribution in [0.25, 0.3) is 12.2 Å². The van der Waals surface area contributed by atoms with Crippen molar-refractivity contribution in [3.8, 4) is 40.2 Å². The van der Waals surface area contributed by atoms with Gasteiger partial charge in [-0.1, -0.05) is 18.2 Å². The number of carbonyl (C=O) groups is 3. The molecule has 268 valence electrons. The zero-order chi connectivity index (χ0) is 37.8. The number of rotatable bonds is 13. The van der Waals surface area contributed by atoms with Crippen molar-refractivity contribution in [3.05, 3.63) is 111 Å². The average molecular weight is 703 g/mol. The highest BCUT2D eigenvalue weighted by atomic mass is 16.5. The number of carbonyl (C=O) groups excluding carboxylic acids is 3. The van der Waals surface area contributed by atoms with Crippen molar-refractivity contribution >= 4 is 29.5 Å². The molecule has 0 saturated carbocycles. The molecule has 13 nitrogen and oxygen atoms in total. The third kappa shape index (κ3) is 9.73. The van der Waals surface area contributed by atoms with Crippen LogP contribution >= 0.6 is 0 Å². The van der Waals surface area contributed by atoms with Crippen LogP contribution in [0.4, 0.5) is 0 Å². The minimum atomic E-state index is -0.873. The Morgan fingerprint density at radius 3 is 1.55 bits per heavy atom. The predicted molar refractivity (Wildman–Crippen MR) is 186 cm³/mol. The maximum atomic E-state index is 12.5. The topological polar surface area (TPSA) is 221 Å². The molecule has 4 aromatic rings. The first kappa shape index (κ1) is 39.3. The molecule has 0 heterocycles. The fraction of sp³-hybridized carbons (Fsp3) is 0.184. The number of methoxy groups -OCH3 is 3. The van der Waals surface area contributed by atoms with Crippen molar-refractivity contribution in [2.75, 3.05) is 21.3 Å². The first-order valence-electron chi connectivity index (χ1n) is 15.1. The maximum Gasteiger partial charge on any atom is 0.233 e. The van der Waals surface area contributed by atoms with Gasteiger partial charge >= 0.3 is 0 Å². The number of hydrogen-bond donors (Lipinski definition) is 7. The van der Waals surface area contributed by atoms with E-state index in [9.17, 15) is 50.1 Å². The highest BCUT2D eigenvalue weighted by molar-refractivity contribution is 6.49. The van der Waals surface area contributed by atoms with Gasteiger partial charge in [0, 0.05) is 27.8 Å². The maximum absolute atomic E-state index is 12.5. The smallest absolute Gasteiger partial charge is 0.233 e. The Balaban J connectivity index is 0.000000276. The molecular formula is C38H38O13. The van der Waals surface area contributed by atoms with E-state index in [1.54, 1.807) is 43.3 Å². The monoisotopic (exact) mass is 702 g/mol. The first-order valence-corrected chi connectivity index (χ1v) is 15.1. The Labute approximate surface area is 293 Å². The molecule has 13 heteroatoms. The lowest BCUT2D eigenvalue weighted by molar-refractivity contribution is -0.110. The van der Waals surface area contributed by atoms with E-state index in [1.165, 1.54) is 63.8 Å². The molecule has 0 aliphatic heterocycles. The molecule has 0 amide bonds. The number of phenolic OH excluding ortho intramolecular Hbond substituents is 1. The molecule has 0 unspecified atom stereocenters. The molecule has 0 bridgehead atoms. The number of allylic oxidation sites excluding steroid dienone is 2. The van der Waals surface area contributed by atoms with Crippen molar-refractivity contribution in [1.82, 2.24) is 0 Å². The zero-order valence-corrected chi connectivity index (χ0v) is 28.2. The molecule has 0 radical (unpaired) electrons. The van der Waals surface area contributed by atoms with E-state index in [0.29, 0.717) is 28.0 Å². The summed E-state index contributed by atoms with van der Waals surface area (Å²) in [5.41, 5.74) is 2.11. The van der Waals surface area contributed by atoms with Crippen LogP contribution in [-0.2, 0) is 24.6 Å².